The first kappa shape index (κ1) is 15.2. The lowest BCUT2D eigenvalue weighted by molar-refractivity contribution is 0.389. The highest BCUT2D eigenvalue weighted by Crippen LogP contribution is 2.16. The van der Waals surface area contributed by atoms with Crippen molar-refractivity contribution in [1.29, 1.82) is 0 Å². The van der Waals surface area contributed by atoms with E-state index < -0.39 is 10.0 Å². The van der Waals surface area contributed by atoms with E-state index in [4.69, 9.17) is 4.42 Å². The van der Waals surface area contributed by atoms with Crippen LogP contribution in [0.2, 0.25) is 0 Å². The lowest BCUT2D eigenvalue weighted by Crippen LogP contribution is -2.21. The van der Waals surface area contributed by atoms with Gasteiger partial charge in [-0.15, -0.1) is 11.3 Å². The van der Waals surface area contributed by atoms with Crippen LogP contribution in [0.3, 0.4) is 0 Å². The molecule has 110 valence electrons. The highest BCUT2D eigenvalue weighted by molar-refractivity contribution is 7.88. The molecule has 0 spiro atoms. The molecule has 0 unspecified atom stereocenters. The predicted molar refractivity (Wildman–Crippen MR) is 77.1 cm³/mol. The number of nitrogens with zero attached hydrogens (tertiary/aromatic N) is 2. The van der Waals surface area contributed by atoms with Gasteiger partial charge in [-0.2, -0.15) is 0 Å². The maximum atomic E-state index is 11.8. The standard InChI is InChI=1S/C12H17N3O3S2/c1-15(2)20(16,17)12-4-3-11(18-12)7-13-6-5-10-8-19-9-14-10/h3-4,8-9,13H,5-7H2,1-2H3. The van der Waals surface area contributed by atoms with Crippen LogP contribution >= 0.6 is 11.3 Å². The first-order valence-electron chi connectivity index (χ1n) is 6.09. The molecule has 20 heavy (non-hydrogen) atoms. The Balaban J connectivity index is 1.84. The summed E-state index contributed by atoms with van der Waals surface area (Å²) in [5, 5.41) is 5.18. The maximum Gasteiger partial charge on any atom is 0.275 e. The van der Waals surface area contributed by atoms with Gasteiger partial charge in [0.1, 0.15) is 5.76 Å². The van der Waals surface area contributed by atoms with Gasteiger partial charge in [0.15, 0.2) is 0 Å². The van der Waals surface area contributed by atoms with Crippen LogP contribution in [0, 0.1) is 0 Å². The fourth-order valence-corrected chi connectivity index (χ4v) is 2.97. The van der Waals surface area contributed by atoms with Gasteiger partial charge in [-0.1, -0.05) is 0 Å². The van der Waals surface area contributed by atoms with Gasteiger partial charge < -0.3 is 9.73 Å². The predicted octanol–water partition coefficient (Wildman–Crippen LogP) is 1.32. The Morgan fingerprint density at radius 2 is 2.20 bits per heavy atom. The lowest BCUT2D eigenvalue weighted by Gasteiger charge is -2.07. The molecule has 0 aliphatic rings. The Labute approximate surface area is 122 Å². The first-order valence-corrected chi connectivity index (χ1v) is 8.47. The molecule has 0 atom stereocenters. The van der Waals surface area contributed by atoms with Gasteiger partial charge in [-0.25, -0.2) is 17.7 Å². The number of rotatable bonds is 7. The summed E-state index contributed by atoms with van der Waals surface area (Å²) in [4.78, 5) is 4.19. The van der Waals surface area contributed by atoms with Crippen molar-refractivity contribution in [3.8, 4) is 0 Å². The zero-order valence-corrected chi connectivity index (χ0v) is 13.0. The van der Waals surface area contributed by atoms with Gasteiger partial charge in [0.05, 0.1) is 17.7 Å². The summed E-state index contributed by atoms with van der Waals surface area (Å²) in [6, 6.07) is 3.15. The summed E-state index contributed by atoms with van der Waals surface area (Å²) in [5.41, 5.74) is 2.86. The van der Waals surface area contributed by atoms with Crippen LogP contribution in [0.15, 0.2) is 32.5 Å². The summed E-state index contributed by atoms with van der Waals surface area (Å²) in [6.45, 7) is 1.26. The molecule has 0 saturated carbocycles. The average molecular weight is 315 g/mol. The molecule has 0 fully saturated rings. The third kappa shape index (κ3) is 3.66. The van der Waals surface area contributed by atoms with E-state index in [2.05, 4.69) is 10.3 Å². The molecule has 0 aromatic carbocycles. The zero-order chi connectivity index (χ0) is 14.6. The average Bonchev–Trinajstić information content (AvgIpc) is 3.06. The Morgan fingerprint density at radius 1 is 1.40 bits per heavy atom. The molecule has 2 aromatic rings. The molecule has 0 amide bonds. The van der Waals surface area contributed by atoms with Crippen LogP contribution in [0.25, 0.3) is 0 Å². The first-order chi connectivity index (χ1) is 9.50. The van der Waals surface area contributed by atoms with Crippen LogP contribution in [-0.4, -0.2) is 38.3 Å². The van der Waals surface area contributed by atoms with Crippen LogP contribution < -0.4 is 5.32 Å². The topological polar surface area (TPSA) is 75.4 Å². The van der Waals surface area contributed by atoms with Gasteiger partial charge in [-0.05, 0) is 12.1 Å². The molecule has 1 N–H and O–H groups in total. The molecular weight excluding hydrogens is 298 g/mol. The normalized spacial score (nSPS) is 12.2. The van der Waals surface area contributed by atoms with Crippen molar-refractivity contribution in [2.24, 2.45) is 0 Å². The van der Waals surface area contributed by atoms with Gasteiger partial charge >= 0.3 is 0 Å². The van der Waals surface area contributed by atoms with Crippen molar-refractivity contribution in [3.63, 3.8) is 0 Å². The molecule has 0 aliphatic heterocycles. The quantitative estimate of drug-likeness (QED) is 0.780. The van der Waals surface area contributed by atoms with Gasteiger partial charge in [0.2, 0.25) is 5.09 Å². The number of sulfonamides is 1. The van der Waals surface area contributed by atoms with Crippen molar-refractivity contribution < 1.29 is 12.8 Å². The van der Waals surface area contributed by atoms with E-state index in [-0.39, 0.29) is 5.09 Å². The molecular formula is C12H17N3O3S2. The number of hydrogen-bond acceptors (Lipinski definition) is 6. The second-order valence-corrected chi connectivity index (χ2v) is 7.22. The summed E-state index contributed by atoms with van der Waals surface area (Å²) in [5.74, 6) is 0.601. The van der Waals surface area contributed by atoms with Gasteiger partial charge in [-0.3, -0.25) is 0 Å². The second-order valence-electron chi connectivity index (χ2n) is 4.41. The fourth-order valence-electron chi connectivity index (χ4n) is 1.56. The minimum absolute atomic E-state index is 0.0289. The zero-order valence-electron chi connectivity index (χ0n) is 11.4. The summed E-state index contributed by atoms with van der Waals surface area (Å²) < 4.78 is 30.1. The van der Waals surface area contributed by atoms with Crippen LogP contribution in [0.5, 0.6) is 0 Å². The number of thiazole rings is 1. The Bertz CT molecular complexity index is 633. The van der Waals surface area contributed by atoms with E-state index in [9.17, 15) is 8.42 Å². The number of hydrogen-bond donors (Lipinski definition) is 1. The van der Waals surface area contributed by atoms with Gasteiger partial charge in [0, 0.05) is 32.4 Å². The summed E-state index contributed by atoms with van der Waals surface area (Å²) in [6.07, 6.45) is 0.840. The van der Waals surface area contributed by atoms with Crippen molar-refractivity contribution in [1.82, 2.24) is 14.6 Å². The minimum Gasteiger partial charge on any atom is -0.447 e. The fraction of sp³-hybridized carbons (Fsp3) is 0.417. The van der Waals surface area contributed by atoms with E-state index in [1.807, 2.05) is 5.38 Å². The Kier molecular flexibility index (Phi) is 4.92. The van der Waals surface area contributed by atoms with E-state index in [0.29, 0.717) is 12.3 Å². The highest BCUT2D eigenvalue weighted by atomic mass is 32.2. The van der Waals surface area contributed by atoms with E-state index in [0.717, 1.165) is 23.0 Å². The third-order valence-corrected chi connectivity index (χ3v) is 5.04. The molecule has 0 saturated heterocycles. The smallest absolute Gasteiger partial charge is 0.275 e. The van der Waals surface area contributed by atoms with E-state index >= 15 is 0 Å². The minimum atomic E-state index is -3.49. The van der Waals surface area contributed by atoms with Crippen molar-refractivity contribution in [2.45, 2.75) is 18.1 Å². The number of aromatic nitrogens is 1. The Hall–Kier alpha value is -1.22. The molecule has 2 rings (SSSR count). The second kappa shape index (κ2) is 6.49. The van der Waals surface area contributed by atoms with E-state index in [1.54, 1.807) is 22.9 Å². The lowest BCUT2D eigenvalue weighted by atomic mass is 10.3. The SMILES string of the molecule is CN(C)S(=O)(=O)c1ccc(CNCCc2cscn2)o1. The molecule has 0 radical (unpaired) electrons. The number of nitrogens with one attached hydrogen (secondary N) is 1. The largest absolute Gasteiger partial charge is 0.447 e. The van der Waals surface area contributed by atoms with Crippen molar-refractivity contribution >= 4 is 21.4 Å². The maximum absolute atomic E-state index is 11.8. The van der Waals surface area contributed by atoms with Gasteiger partial charge in [0.25, 0.3) is 10.0 Å². The highest BCUT2D eigenvalue weighted by Gasteiger charge is 2.21. The third-order valence-electron chi connectivity index (χ3n) is 2.71. The van der Waals surface area contributed by atoms with Crippen LogP contribution in [-0.2, 0) is 23.0 Å². The molecule has 0 bridgehead atoms. The van der Waals surface area contributed by atoms with E-state index in [1.165, 1.54) is 20.2 Å². The monoisotopic (exact) mass is 315 g/mol. The molecule has 8 heteroatoms. The molecule has 2 aromatic heterocycles. The van der Waals surface area contributed by atoms with Crippen molar-refractivity contribution in [2.75, 3.05) is 20.6 Å². The van der Waals surface area contributed by atoms with Crippen LogP contribution in [0.1, 0.15) is 11.5 Å². The summed E-state index contributed by atoms with van der Waals surface area (Å²) in [7, 11) is -0.540. The van der Waals surface area contributed by atoms with Crippen molar-refractivity contribution in [3.05, 3.63) is 34.5 Å². The van der Waals surface area contributed by atoms with Crippen LogP contribution in [0.4, 0.5) is 0 Å². The molecule has 0 aliphatic carbocycles. The Morgan fingerprint density at radius 3 is 2.85 bits per heavy atom. The molecule has 6 nitrogen and oxygen atoms in total. The summed E-state index contributed by atoms with van der Waals surface area (Å²) >= 11 is 1.57. The number of furan rings is 1. The molecule has 2 heterocycles.